The molecule has 6 heteroatoms. The van der Waals surface area contributed by atoms with Gasteiger partial charge in [0.1, 0.15) is 17.1 Å². The number of fused-ring (bicyclic) bond motifs is 4. The van der Waals surface area contributed by atoms with Crippen LogP contribution in [-0.4, -0.2) is 19.6 Å². The number of pyridine rings is 2. The molecule has 206 valence electrons. The monoisotopic (exact) mass is 725 g/mol. The van der Waals surface area contributed by atoms with Crippen LogP contribution in [0.3, 0.4) is 0 Å². The van der Waals surface area contributed by atoms with Gasteiger partial charge in [-0.05, 0) is 78.1 Å². The molecule has 0 amide bonds. The van der Waals surface area contributed by atoms with E-state index in [-0.39, 0.29) is 26.8 Å². The van der Waals surface area contributed by atoms with Crippen LogP contribution in [0.1, 0.15) is 61.8 Å². The maximum atomic E-state index is 10.6. The number of hydrogen-bond acceptors (Lipinski definition) is 4. The molecule has 0 aliphatic heterocycles. The molecule has 0 atom stereocenters. The quantitative estimate of drug-likeness (QED) is 0.180. The van der Waals surface area contributed by atoms with Crippen LogP contribution >= 0.6 is 11.8 Å². The molecule has 0 aliphatic carbocycles. The van der Waals surface area contributed by atoms with Crippen molar-refractivity contribution in [2.45, 2.75) is 63.3 Å². The Hall–Kier alpha value is -3.14. The van der Waals surface area contributed by atoms with Gasteiger partial charge >= 0.3 is 0 Å². The molecule has 0 aliphatic rings. The number of hydrogen-bond donors (Lipinski definition) is 1. The maximum Gasteiger partial charge on any atom is 0.141 e. The van der Waals surface area contributed by atoms with Crippen molar-refractivity contribution in [3.8, 4) is 11.6 Å². The van der Waals surface area contributed by atoms with Crippen molar-refractivity contribution in [2.24, 2.45) is 0 Å². The second kappa shape index (κ2) is 11.0. The molecular formula is C34H32N3OPtS-. The zero-order valence-corrected chi connectivity index (χ0v) is 26.6. The van der Waals surface area contributed by atoms with Crippen molar-refractivity contribution < 1.29 is 26.2 Å². The van der Waals surface area contributed by atoms with Crippen LogP contribution in [0.4, 0.5) is 0 Å². The van der Waals surface area contributed by atoms with E-state index in [1.165, 1.54) is 21.9 Å². The summed E-state index contributed by atoms with van der Waals surface area (Å²) in [6, 6.07) is 24.6. The molecule has 3 aromatic carbocycles. The zero-order chi connectivity index (χ0) is 27.4. The second-order valence-electron chi connectivity index (χ2n) is 10.9. The predicted molar refractivity (Wildman–Crippen MR) is 163 cm³/mol. The topological polar surface area (TPSA) is 50.9 Å². The van der Waals surface area contributed by atoms with Crippen LogP contribution < -0.4 is 0 Å². The summed E-state index contributed by atoms with van der Waals surface area (Å²) in [6.07, 6.45) is 1.84. The maximum absolute atomic E-state index is 10.6. The summed E-state index contributed by atoms with van der Waals surface area (Å²) in [4.78, 5) is 10.6. The van der Waals surface area contributed by atoms with E-state index in [4.69, 9.17) is 9.97 Å². The Balaban J connectivity index is 0.00000323. The SMILES string of the molecule is Cc1ccc(O)c2nc(Sc3[c-]c4c(c(C(C)C)c3)c3cc(C(C)C)ccc3n4-c3ccccn3)cc(C)c12.[Pt]. The van der Waals surface area contributed by atoms with Crippen molar-refractivity contribution in [1.82, 2.24) is 14.5 Å². The molecule has 0 fully saturated rings. The van der Waals surface area contributed by atoms with Crippen LogP contribution in [0, 0.1) is 19.9 Å². The summed E-state index contributed by atoms with van der Waals surface area (Å²) < 4.78 is 2.24. The summed E-state index contributed by atoms with van der Waals surface area (Å²) >= 11 is 1.59. The third-order valence-corrected chi connectivity index (χ3v) is 8.37. The Labute approximate surface area is 254 Å². The van der Waals surface area contributed by atoms with E-state index in [0.29, 0.717) is 17.4 Å². The molecule has 0 saturated heterocycles. The van der Waals surface area contributed by atoms with Crippen LogP contribution in [0.5, 0.6) is 5.75 Å². The molecule has 40 heavy (non-hydrogen) atoms. The summed E-state index contributed by atoms with van der Waals surface area (Å²) in [6.45, 7) is 13.1. The Morgan fingerprint density at radius 1 is 0.875 bits per heavy atom. The van der Waals surface area contributed by atoms with E-state index in [1.54, 1.807) is 17.8 Å². The number of rotatable bonds is 5. The van der Waals surface area contributed by atoms with Gasteiger partial charge in [0.25, 0.3) is 0 Å². The summed E-state index contributed by atoms with van der Waals surface area (Å²) in [5.74, 6) is 1.83. The molecule has 3 heterocycles. The van der Waals surface area contributed by atoms with Gasteiger partial charge in [0.2, 0.25) is 0 Å². The minimum absolute atomic E-state index is 0. The van der Waals surface area contributed by atoms with Crippen molar-refractivity contribution in [3.63, 3.8) is 0 Å². The summed E-state index contributed by atoms with van der Waals surface area (Å²) in [7, 11) is 0. The number of nitrogens with zero attached hydrogens (tertiary/aromatic N) is 3. The van der Waals surface area contributed by atoms with E-state index >= 15 is 0 Å². The molecule has 4 nitrogen and oxygen atoms in total. The molecule has 0 spiro atoms. The van der Waals surface area contributed by atoms with Gasteiger partial charge < -0.3 is 9.67 Å². The predicted octanol–water partition coefficient (Wildman–Crippen LogP) is 9.25. The fourth-order valence-corrected chi connectivity index (χ4v) is 6.47. The first-order chi connectivity index (χ1) is 18.7. The Morgan fingerprint density at radius 2 is 1.68 bits per heavy atom. The number of aromatic nitrogens is 3. The van der Waals surface area contributed by atoms with Crippen LogP contribution in [0.2, 0.25) is 0 Å². The molecule has 0 saturated carbocycles. The standard InChI is InChI=1S/C34H32N3OS.Pt/c1-19(2)23-11-12-27-26(16-23)33-25(20(3)4)17-24(18-28(33)37(27)30-9-7-8-14-35-30)39-31-15-22(6)32-21(5)10-13-29(38)34(32)36-31;/h7-17,19-20,38H,1-6H3;/q-1;. The minimum atomic E-state index is 0. The molecule has 0 bridgehead atoms. The van der Waals surface area contributed by atoms with Gasteiger partial charge in [-0.2, -0.15) is 6.07 Å². The van der Waals surface area contributed by atoms with E-state index in [2.05, 4.69) is 88.6 Å². The average molecular weight is 726 g/mol. The Morgan fingerprint density at radius 3 is 2.38 bits per heavy atom. The summed E-state index contributed by atoms with van der Waals surface area (Å²) in [5.41, 5.74) is 7.61. The number of aromatic hydroxyl groups is 1. The van der Waals surface area contributed by atoms with Gasteiger partial charge in [-0.1, -0.05) is 79.5 Å². The van der Waals surface area contributed by atoms with Gasteiger partial charge in [0, 0.05) is 38.2 Å². The number of phenolic OH excluding ortho intramolecular Hbond substituents is 1. The fraction of sp³-hybridized carbons (Fsp3) is 0.235. The molecule has 6 rings (SSSR count). The third-order valence-electron chi connectivity index (χ3n) is 7.51. The molecule has 0 unspecified atom stereocenters. The van der Waals surface area contributed by atoms with E-state index < -0.39 is 0 Å². The van der Waals surface area contributed by atoms with E-state index in [9.17, 15) is 5.11 Å². The normalized spacial score (nSPS) is 11.7. The van der Waals surface area contributed by atoms with Crippen molar-refractivity contribution in [2.75, 3.05) is 0 Å². The van der Waals surface area contributed by atoms with E-state index in [1.807, 2.05) is 24.4 Å². The molecule has 0 radical (unpaired) electrons. The first-order valence-electron chi connectivity index (χ1n) is 13.5. The summed E-state index contributed by atoms with van der Waals surface area (Å²) in [5, 5.41) is 14.9. The molecular weight excluding hydrogens is 694 g/mol. The smallest absolute Gasteiger partial charge is 0.141 e. The van der Waals surface area contributed by atoms with Gasteiger partial charge in [0.05, 0.1) is 5.03 Å². The fourth-order valence-electron chi connectivity index (χ4n) is 5.54. The molecule has 3 aromatic heterocycles. The van der Waals surface area contributed by atoms with Gasteiger partial charge in [-0.15, -0.1) is 11.6 Å². The van der Waals surface area contributed by atoms with Gasteiger partial charge in [0.15, 0.2) is 0 Å². The van der Waals surface area contributed by atoms with Crippen molar-refractivity contribution >= 4 is 44.5 Å². The molecule has 6 aromatic rings. The van der Waals surface area contributed by atoms with Crippen LogP contribution in [-0.2, 0) is 21.1 Å². The molecule has 1 N–H and O–H groups in total. The minimum Gasteiger partial charge on any atom is -0.506 e. The number of aryl methyl sites for hydroxylation is 2. The van der Waals surface area contributed by atoms with Crippen LogP contribution in [0.25, 0.3) is 38.5 Å². The Bertz CT molecular complexity index is 1880. The largest absolute Gasteiger partial charge is 0.506 e. The third kappa shape index (κ3) is 4.84. The first-order valence-corrected chi connectivity index (χ1v) is 14.3. The number of phenols is 1. The second-order valence-corrected chi connectivity index (χ2v) is 12.0. The average Bonchev–Trinajstić information content (AvgIpc) is 3.24. The van der Waals surface area contributed by atoms with E-state index in [0.717, 1.165) is 43.3 Å². The van der Waals surface area contributed by atoms with Gasteiger partial charge in [-0.25, -0.2) is 9.97 Å². The van der Waals surface area contributed by atoms with Gasteiger partial charge in [-0.3, -0.25) is 0 Å². The van der Waals surface area contributed by atoms with Crippen molar-refractivity contribution in [3.05, 3.63) is 95.2 Å². The number of benzene rings is 3. The Kier molecular flexibility index (Phi) is 7.83. The van der Waals surface area contributed by atoms with Crippen molar-refractivity contribution in [1.29, 1.82) is 0 Å². The zero-order valence-electron chi connectivity index (χ0n) is 23.5. The first kappa shape index (κ1) is 28.4. The van der Waals surface area contributed by atoms with Crippen LogP contribution in [0.15, 0.2) is 76.8 Å².